The number of carbonyl (C=O) groups excluding carboxylic acids is 1. The third-order valence-corrected chi connectivity index (χ3v) is 7.22. The van der Waals surface area contributed by atoms with Crippen LogP contribution in [0.3, 0.4) is 0 Å². The summed E-state index contributed by atoms with van der Waals surface area (Å²) in [6.07, 6.45) is 0.728. The Kier molecular flexibility index (Phi) is 9.81. The van der Waals surface area contributed by atoms with Crippen LogP contribution in [0.15, 0.2) is 34.1 Å². The van der Waals surface area contributed by atoms with Crippen molar-refractivity contribution in [3.8, 4) is 11.5 Å². The first-order valence-corrected chi connectivity index (χ1v) is 12.3. The summed E-state index contributed by atoms with van der Waals surface area (Å²) in [6.45, 7) is 1.63. The van der Waals surface area contributed by atoms with Crippen LogP contribution in [-0.2, 0) is 4.79 Å². The van der Waals surface area contributed by atoms with E-state index in [0.29, 0.717) is 17.9 Å². The van der Waals surface area contributed by atoms with Gasteiger partial charge in [-0.3, -0.25) is 4.79 Å². The molecule has 2 aromatic rings. The number of Topliss-reactive ketones (excluding diaryl/α,β-unsaturated/α-hetero) is 1. The highest BCUT2D eigenvalue weighted by Crippen LogP contribution is 2.37. The average molecular weight is 530 g/mol. The Morgan fingerprint density at radius 1 is 0.867 bits per heavy atom. The van der Waals surface area contributed by atoms with Crippen molar-refractivity contribution < 1.29 is 20.1 Å². The maximum absolute atomic E-state index is 12.3. The zero-order valence-corrected chi connectivity index (χ0v) is 20.6. The molecule has 0 radical (unpaired) electrons. The fraction of sp³-hybridized carbons (Fsp3) is 0.350. The summed E-state index contributed by atoms with van der Waals surface area (Å²) in [5, 5.41) is 30.4. The van der Waals surface area contributed by atoms with Crippen molar-refractivity contribution in [3.05, 3.63) is 44.4 Å². The Morgan fingerprint density at radius 3 is 1.70 bits per heavy atom. The van der Waals surface area contributed by atoms with Crippen molar-refractivity contribution in [2.75, 3.05) is 11.5 Å². The lowest BCUT2D eigenvalue weighted by atomic mass is 9.95. The molecule has 10 heteroatoms. The third kappa shape index (κ3) is 7.90. The van der Waals surface area contributed by atoms with Crippen LogP contribution in [0.25, 0.3) is 0 Å². The lowest BCUT2D eigenvalue weighted by molar-refractivity contribution is -0.123. The molecule has 0 amide bonds. The molecule has 3 N–H and O–H groups in total. The van der Waals surface area contributed by atoms with Gasteiger partial charge in [0.25, 0.3) is 0 Å². The number of halogens is 4. The summed E-state index contributed by atoms with van der Waals surface area (Å²) in [7, 11) is 0. The Labute approximate surface area is 203 Å². The van der Waals surface area contributed by atoms with Gasteiger partial charge < -0.3 is 15.3 Å². The van der Waals surface area contributed by atoms with Gasteiger partial charge in [0.1, 0.15) is 5.78 Å². The normalized spacial score (nSPS) is 13.3. The topological polar surface area (TPSA) is 77.8 Å². The van der Waals surface area contributed by atoms with Crippen molar-refractivity contribution in [2.24, 2.45) is 0 Å². The van der Waals surface area contributed by atoms with Crippen LogP contribution in [-0.4, -0.2) is 38.2 Å². The number of hydrogen-bond acceptors (Lipinski definition) is 6. The van der Waals surface area contributed by atoms with E-state index in [1.807, 2.05) is 0 Å². The number of carbonyl (C=O) groups is 1. The molecule has 0 heterocycles. The second kappa shape index (κ2) is 11.4. The van der Waals surface area contributed by atoms with Crippen LogP contribution in [0.1, 0.15) is 26.2 Å². The number of rotatable bonds is 10. The van der Waals surface area contributed by atoms with Crippen molar-refractivity contribution in [1.29, 1.82) is 0 Å². The van der Waals surface area contributed by atoms with Crippen LogP contribution in [0.5, 0.6) is 11.5 Å². The van der Waals surface area contributed by atoms with E-state index in [2.05, 4.69) is 0 Å². The van der Waals surface area contributed by atoms with Crippen LogP contribution in [0, 0.1) is 0 Å². The third-order valence-electron chi connectivity index (χ3n) is 4.12. The Hall–Kier alpha value is -0.470. The van der Waals surface area contributed by atoms with E-state index in [1.165, 1.54) is 23.5 Å². The first kappa shape index (κ1) is 25.8. The molecular formula is C20H20Cl4O4S2. The monoisotopic (exact) mass is 528 g/mol. The predicted molar refractivity (Wildman–Crippen MR) is 127 cm³/mol. The number of phenols is 2. The molecular weight excluding hydrogens is 510 g/mol. The second-order valence-electron chi connectivity index (χ2n) is 6.88. The Morgan fingerprint density at radius 2 is 1.27 bits per heavy atom. The summed E-state index contributed by atoms with van der Waals surface area (Å²) in [5.41, 5.74) is -1.13. The number of phenolic OH excluding ortho intramolecular Hbond substituents is 2. The van der Waals surface area contributed by atoms with E-state index in [9.17, 15) is 20.1 Å². The molecule has 164 valence electrons. The summed E-state index contributed by atoms with van der Waals surface area (Å²) in [6, 6.07) is 6.39. The first-order chi connectivity index (χ1) is 14.0. The van der Waals surface area contributed by atoms with E-state index in [-0.39, 0.29) is 50.2 Å². The molecule has 0 saturated heterocycles. The van der Waals surface area contributed by atoms with E-state index >= 15 is 0 Å². The fourth-order valence-electron chi connectivity index (χ4n) is 2.52. The number of aliphatic hydroxyl groups is 1. The first-order valence-electron chi connectivity index (χ1n) is 8.84. The van der Waals surface area contributed by atoms with Crippen molar-refractivity contribution in [2.45, 2.75) is 41.6 Å². The van der Waals surface area contributed by atoms with E-state index in [1.54, 1.807) is 31.2 Å². The molecule has 1 unspecified atom stereocenters. The summed E-state index contributed by atoms with van der Waals surface area (Å²) in [5.74, 6) is 0.687. The van der Waals surface area contributed by atoms with Gasteiger partial charge in [-0.25, -0.2) is 0 Å². The minimum absolute atomic E-state index is 0.0439. The second-order valence-corrected chi connectivity index (χ2v) is 10.8. The number of aromatic hydroxyl groups is 2. The average Bonchev–Trinajstić information content (AvgIpc) is 2.63. The van der Waals surface area contributed by atoms with E-state index < -0.39 is 5.60 Å². The van der Waals surface area contributed by atoms with Gasteiger partial charge in [-0.2, -0.15) is 0 Å². The SMILES string of the molecule is CC(O)(CCSc1cc(Cl)c(O)c(Cl)c1)CC(=O)CCSc1cc(Cl)c(O)c(Cl)c1. The standard InChI is InChI=1S/C20H20Cl4O4S2/c1-20(28,3-5-30-13-8-16(23)19(27)17(24)9-13)10-11(25)2-4-29-12-6-14(21)18(26)15(22)7-12/h6-9,26-28H,2-5,10H2,1H3. The Bertz CT molecular complexity index is 876. The molecule has 0 spiro atoms. The molecule has 0 aliphatic heterocycles. The van der Waals surface area contributed by atoms with Gasteiger partial charge in [0.15, 0.2) is 11.5 Å². The molecule has 0 saturated carbocycles. The molecule has 4 nitrogen and oxygen atoms in total. The van der Waals surface area contributed by atoms with Crippen LogP contribution in [0.2, 0.25) is 20.1 Å². The summed E-state index contributed by atoms with van der Waals surface area (Å²) in [4.78, 5) is 13.8. The number of benzene rings is 2. The molecule has 1 atom stereocenters. The Balaban J connectivity index is 1.77. The molecule has 30 heavy (non-hydrogen) atoms. The number of ketones is 1. The van der Waals surface area contributed by atoms with Crippen molar-refractivity contribution in [3.63, 3.8) is 0 Å². The van der Waals surface area contributed by atoms with Crippen molar-refractivity contribution >= 4 is 75.7 Å². The number of thioether (sulfide) groups is 2. The van der Waals surface area contributed by atoms with Gasteiger partial charge in [-0.15, -0.1) is 23.5 Å². The molecule has 0 aliphatic rings. The van der Waals surface area contributed by atoms with Gasteiger partial charge in [0.2, 0.25) is 0 Å². The van der Waals surface area contributed by atoms with Crippen molar-refractivity contribution in [1.82, 2.24) is 0 Å². The smallest absolute Gasteiger partial charge is 0.152 e. The van der Waals surface area contributed by atoms with E-state index in [4.69, 9.17) is 46.4 Å². The minimum atomic E-state index is -1.13. The fourth-order valence-corrected chi connectivity index (χ4v) is 5.90. The highest BCUT2D eigenvalue weighted by atomic mass is 35.5. The van der Waals surface area contributed by atoms with Gasteiger partial charge in [0.05, 0.1) is 25.7 Å². The zero-order valence-electron chi connectivity index (χ0n) is 15.9. The molecule has 0 aromatic heterocycles. The summed E-state index contributed by atoms with van der Waals surface area (Å²) < 4.78 is 0. The highest BCUT2D eigenvalue weighted by Gasteiger charge is 2.24. The molecule has 2 aromatic carbocycles. The molecule has 2 rings (SSSR count). The van der Waals surface area contributed by atoms with E-state index in [0.717, 1.165) is 9.79 Å². The van der Waals surface area contributed by atoms with Gasteiger partial charge in [-0.05, 0) is 37.6 Å². The lowest BCUT2D eigenvalue weighted by Crippen LogP contribution is -2.28. The van der Waals surface area contributed by atoms with Crippen LogP contribution < -0.4 is 0 Å². The largest absolute Gasteiger partial charge is 0.505 e. The summed E-state index contributed by atoms with van der Waals surface area (Å²) >= 11 is 26.4. The highest BCUT2D eigenvalue weighted by molar-refractivity contribution is 7.99. The molecule has 0 fully saturated rings. The van der Waals surface area contributed by atoms with Gasteiger partial charge in [0, 0.05) is 34.1 Å². The quantitative estimate of drug-likeness (QED) is 0.285. The maximum atomic E-state index is 12.3. The maximum Gasteiger partial charge on any atom is 0.152 e. The predicted octanol–water partition coefficient (Wildman–Crippen LogP) is 7.09. The van der Waals surface area contributed by atoms with Gasteiger partial charge in [-0.1, -0.05) is 46.4 Å². The van der Waals surface area contributed by atoms with Crippen LogP contribution in [0.4, 0.5) is 0 Å². The molecule has 0 bridgehead atoms. The minimum Gasteiger partial charge on any atom is -0.505 e. The van der Waals surface area contributed by atoms with Gasteiger partial charge >= 0.3 is 0 Å². The number of hydrogen-bond donors (Lipinski definition) is 3. The lowest BCUT2D eigenvalue weighted by Gasteiger charge is -2.22. The zero-order chi connectivity index (χ0) is 22.5. The molecule has 0 aliphatic carbocycles. The van der Waals surface area contributed by atoms with Crippen LogP contribution >= 0.6 is 69.9 Å².